The standard InChI is InChI=1S/C10H18N2O4/c1-3-11-5-10(15)12(6-9(11)14)4-8(13)7-16-2/h8,13H,3-7H2,1-2H3. The van der Waals surface area contributed by atoms with Crippen LogP contribution in [0.4, 0.5) is 0 Å². The highest BCUT2D eigenvalue weighted by Gasteiger charge is 2.29. The Morgan fingerprint density at radius 3 is 2.44 bits per heavy atom. The number of carbonyl (C=O) groups excluding carboxylic acids is 2. The first kappa shape index (κ1) is 12.9. The van der Waals surface area contributed by atoms with Gasteiger partial charge in [-0.3, -0.25) is 9.59 Å². The third-order valence-electron chi connectivity index (χ3n) is 2.53. The van der Waals surface area contributed by atoms with Crippen LogP contribution in [-0.2, 0) is 14.3 Å². The first-order valence-corrected chi connectivity index (χ1v) is 5.31. The summed E-state index contributed by atoms with van der Waals surface area (Å²) in [4.78, 5) is 26.0. The Morgan fingerprint density at radius 1 is 1.31 bits per heavy atom. The van der Waals surface area contributed by atoms with Gasteiger partial charge in [-0.2, -0.15) is 0 Å². The van der Waals surface area contributed by atoms with E-state index in [1.807, 2.05) is 6.92 Å². The van der Waals surface area contributed by atoms with Crippen LogP contribution in [0.3, 0.4) is 0 Å². The molecule has 0 aromatic heterocycles. The maximum Gasteiger partial charge on any atom is 0.242 e. The predicted octanol–water partition coefficient (Wildman–Crippen LogP) is -1.32. The Balaban J connectivity index is 2.50. The van der Waals surface area contributed by atoms with Crippen molar-refractivity contribution in [1.82, 2.24) is 9.80 Å². The lowest BCUT2D eigenvalue weighted by Gasteiger charge is -2.34. The first-order valence-electron chi connectivity index (χ1n) is 5.31. The second-order valence-electron chi connectivity index (χ2n) is 3.79. The normalized spacial score (nSPS) is 19.2. The molecule has 0 aromatic carbocycles. The van der Waals surface area contributed by atoms with E-state index in [9.17, 15) is 14.7 Å². The highest BCUT2D eigenvalue weighted by molar-refractivity contribution is 5.92. The minimum atomic E-state index is -0.741. The second kappa shape index (κ2) is 5.81. The van der Waals surface area contributed by atoms with E-state index in [-0.39, 0.29) is 38.1 Å². The van der Waals surface area contributed by atoms with Gasteiger partial charge in [0.15, 0.2) is 0 Å². The molecule has 1 aliphatic heterocycles. The van der Waals surface area contributed by atoms with Crippen molar-refractivity contribution in [3.05, 3.63) is 0 Å². The van der Waals surface area contributed by atoms with Gasteiger partial charge in [0.25, 0.3) is 0 Å². The van der Waals surface area contributed by atoms with Gasteiger partial charge in [-0.05, 0) is 6.92 Å². The molecule has 1 heterocycles. The van der Waals surface area contributed by atoms with E-state index >= 15 is 0 Å². The fourth-order valence-electron chi connectivity index (χ4n) is 1.66. The van der Waals surface area contributed by atoms with Crippen LogP contribution in [0.1, 0.15) is 6.92 Å². The van der Waals surface area contributed by atoms with Crippen LogP contribution in [0.15, 0.2) is 0 Å². The minimum absolute atomic E-state index is 0.0491. The number of hydrogen-bond donors (Lipinski definition) is 1. The van der Waals surface area contributed by atoms with Gasteiger partial charge in [0.1, 0.15) is 0 Å². The van der Waals surface area contributed by atoms with Crippen LogP contribution in [0.25, 0.3) is 0 Å². The van der Waals surface area contributed by atoms with Gasteiger partial charge in [0, 0.05) is 20.2 Å². The zero-order valence-electron chi connectivity index (χ0n) is 9.68. The van der Waals surface area contributed by atoms with Crippen LogP contribution in [0, 0.1) is 0 Å². The molecule has 1 rings (SSSR count). The second-order valence-corrected chi connectivity index (χ2v) is 3.79. The first-order chi connectivity index (χ1) is 7.58. The van der Waals surface area contributed by atoms with E-state index in [1.165, 1.54) is 16.9 Å². The number of amides is 2. The Morgan fingerprint density at radius 2 is 1.88 bits per heavy atom. The van der Waals surface area contributed by atoms with Gasteiger partial charge < -0.3 is 19.6 Å². The molecule has 6 heteroatoms. The molecule has 0 spiro atoms. The van der Waals surface area contributed by atoms with Crippen molar-refractivity contribution in [2.24, 2.45) is 0 Å². The monoisotopic (exact) mass is 230 g/mol. The molecular formula is C10H18N2O4. The van der Waals surface area contributed by atoms with Gasteiger partial charge in [0.05, 0.1) is 25.8 Å². The average molecular weight is 230 g/mol. The Kier molecular flexibility index (Phi) is 4.70. The van der Waals surface area contributed by atoms with Gasteiger partial charge in [-0.1, -0.05) is 0 Å². The summed E-state index contributed by atoms with van der Waals surface area (Å²) in [7, 11) is 1.48. The molecule has 6 nitrogen and oxygen atoms in total. The van der Waals surface area contributed by atoms with Crippen LogP contribution < -0.4 is 0 Å². The smallest absolute Gasteiger partial charge is 0.242 e. The average Bonchev–Trinajstić information content (AvgIpc) is 2.23. The molecule has 1 aliphatic rings. The molecule has 0 aromatic rings. The molecule has 92 valence electrons. The van der Waals surface area contributed by atoms with Crippen molar-refractivity contribution in [3.8, 4) is 0 Å². The summed E-state index contributed by atoms with van der Waals surface area (Å²) in [6.45, 7) is 2.84. The van der Waals surface area contributed by atoms with Crippen LogP contribution in [0.5, 0.6) is 0 Å². The Hall–Kier alpha value is -1.14. The van der Waals surface area contributed by atoms with E-state index in [4.69, 9.17) is 4.74 Å². The van der Waals surface area contributed by atoms with E-state index in [2.05, 4.69) is 0 Å². The van der Waals surface area contributed by atoms with Crippen molar-refractivity contribution < 1.29 is 19.4 Å². The molecule has 1 unspecified atom stereocenters. The molecule has 0 aliphatic carbocycles. The van der Waals surface area contributed by atoms with Gasteiger partial charge in [-0.25, -0.2) is 0 Å². The zero-order valence-corrected chi connectivity index (χ0v) is 9.68. The number of methoxy groups -OCH3 is 1. The van der Waals surface area contributed by atoms with E-state index in [1.54, 1.807) is 0 Å². The number of aliphatic hydroxyl groups is 1. The molecule has 0 bridgehead atoms. The maximum absolute atomic E-state index is 11.6. The summed E-state index contributed by atoms with van der Waals surface area (Å²) in [5, 5.41) is 9.48. The fourth-order valence-corrected chi connectivity index (χ4v) is 1.66. The number of piperazine rings is 1. The van der Waals surface area contributed by atoms with Crippen molar-refractivity contribution >= 4 is 11.8 Å². The van der Waals surface area contributed by atoms with E-state index in [0.717, 1.165) is 0 Å². The quantitative estimate of drug-likeness (QED) is 0.636. The lowest BCUT2D eigenvalue weighted by atomic mass is 10.2. The van der Waals surface area contributed by atoms with Crippen molar-refractivity contribution in [1.29, 1.82) is 0 Å². The highest BCUT2D eigenvalue weighted by Crippen LogP contribution is 2.05. The van der Waals surface area contributed by atoms with E-state index < -0.39 is 6.10 Å². The predicted molar refractivity (Wildman–Crippen MR) is 56.7 cm³/mol. The molecule has 1 N–H and O–H groups in total. The maximum atomic E-state index is 11.6. The summed E-state index contributed by atoms with van der Waals surface area (Å²) in [6.07, 6.45) is -0.741. The largest absolute Gasteiger partial charge is 0.389 e. The third kappa shape index (κ3) is 3.18. The number of carbonyl (C=O) groups is 2. The summed E-state index contributed by atoms with van der Waals surface area (Å²) in [5.41, 5.74) is 0. The molecule has 0 saturated carbocycles. The van der Waals surface area contributed by atoms with Gasteiger partial charge in [0.2, 0.25) is 11.8 Å². The van der Waals surface area contributed by atoms with Gasteiger partial charge >= 0.3 is 0 Å². The lowest BCUT2D eigenvalue weighted by molar-refractivity contribution is -0.151. The SMILES string of the molecule is CCN1CC(=O)N(CC(O)COC)CC1=O. The Bertz CT molecular complexity index is 270. The summed E-state index contributed by atoms with van der Waals surface area (Å²) in [6, 6.07) is 0. The lowest BCUT2D eigenvalue weighted by Crippen LogP contribution is -2.55. The van der Waals surface area contributed by atoms with E-state index in [0.29, 0.717) is 6.54 Å². The molecule has 16 heavy (non-hydrogen) atoms. The highest BCUT2D eigenvalue weighted by atomic mass is 16.5. The number of aliphatic hydroxyl groups excluding tert-OH is 1. The van der Waals surface area contributed by atoms with Crippen molar-refractivity contribution in [3.63, 3.8) is 0 Å². The number of rotatable bonds is 5. The van der Waals surface area contributed by atoms with Crippen LogP contribution in [0.2, 0.25) is 0 Å². The number of β-amino-alcohol motifs (C(OH)–C–C–N with tert-alkyl or cyclic N) is 1. The summed E-state index contributed by atoms with van der Waals surface area (Å²) in [5.74, 6) is -0.205. The summed E-state index contributed by atoms with van der Waals surface area (Å²) >= 11 is 0. The van der Waals surface area contributed by atoms with Crippen molar-refractivity contribution in [2.75, 3.05) is 39.9 Å². The molecule has 1 fully saturated rings. The summed E-state index contributed by atoms with van der Waals surface area (Å²) < 4.78 is 4.77. The fraction of sp³-hybridized carbons (Fsp3) is 0.800. The number of ether oxygens (including phenoxy) is 1. The van der Waals surface area contributed by atoms with Crippen LogP contribution >= 0.6 is 0 Å². The molecule has 0 radical (unpaired) electrons. The Labute approximate surface area is 94.8 Å². The van der Waals surface area contributed by atoms with Gasteiger partial charge in [-0.15, -0.1) is 0 Å². The number of nitrogens with zero attached hydrogens (tertiary/aromatic N) is 2. The topological polar surface area (TPSA) is 70.1 Å². The molecular weight excluding hydrogens is 212 g/mol. The molecule has 1 atom stereocenters. The third-order valence-corrected chi connectivity index (χ3v) is 2.53. The molecule has 2 amide bonds. The minimum Gasteiger partial charge on any atom is -0.389 e. The molecule has 1 saturated heterocycles. The number of likely N-dealkylation sites (N-methyl/N-ethyl adjacent to an activating group) is 1. The van der Waals surface area contributed by atoms with Crippen molar-refractivity contribution in [2.45, 2.75) is 13.0 Å². The number of hydrogen-bond acceptors (Lipinski definition) is 4. The zero-order chi connectivity index (χ0) is 12.1. The van der Waals surface area contributed by atoms with Crippen LogP contribution in [-0.4, -0.2) is 72.7 Å².